The molecule has 2 aromatic heterocycles. The summed E-state index contributed by atoms with van der Waals surface area (Å²) in [5.41, 5.74) is 1.88. The van der Waals surface area contributed by atoms with Crippen LogP contribution in [0.1, 0.15) is 24.3 Å². The minimum absolute atomic E-state index is 0.00446. The summed E-state index contributed by atoms with van der Waals surface area (Å²) in [4.78, 5) is 21.2. The number of hydrogen-bond acceptors (Lipinski definition) is 7. The summed E-state index contributed by atoms with van der Waals surface area (Å²) in [6, 6.07) is 0. The predicted molar refractivity (Wildman–Crippen MR) is 90.1 cm³/mol. The Kier molecular flexibility index (Phi) is 4.37. The first kappa shape index (κ1) is 16.0. The molecular weight excluding hydrogens is 340 g/mol. The molecule has 3 rings (SSSR count). The molecule has 0 radical (unpaired) electrons. The second-order valence-electron chi connectivity index (χ2n) is 5.60. The first-order valence-corrected chi connectivity index (χ1v) is 9.77. The highest BCUT2D eigenvalue weighted by molar-refractivity contribution is 8.00. The fourth-order valence-corrected chi connectivity index (χ4v) is 5.05. The van der Waals surface area contributed by atoms with Crippen LogP contribution in [0.2, 0.25) is 0 Å². The van der Waals surface area contributed by atoms with Gasteiger partial charge < -0.3 is 9.84 Å². The van der Waals surface area contributed by atoms with Crippen LogP contribution in [-0.2, 0) is 22.6 Å². The van der Waals surface area contributed by atoms with Gasteiger partial charge in [-0.1, -0.05) is 23.5 Å². The normalized spacial score (nSPS) is 16.7. The van der Waals surface area contributed by atoms with E-state index < -0.39 is 5.97 Å². The van der Waals surface area contributed by atoms with Crippen molar-refractivity contribution in [1.82, 2.24) is 9.97 Å². The fourth-order valence-electron chi connectivity index (χ4n) is 2.34. The molecule has 0 amide bonds. The number of thioether (sulfide) groups is 2. The number of nitrogens with zero attached hydrogens (tertiary/aromatic N) is 2. The molecule has 0 aliphatic carbocycles. The molecule has 0 bridgehead atoms. The highest BCUT2D eigenvalue weighted by Crippen LogP contribution is 2.41. The molecule has 0 fully saturated rings. The average molecular weight is 356 g/mol. The SMILES string of the molecule is CSc1nc(SCC(=O)O)c2sc3c(c2n1)COC(C)(C)C3. The summed E-state index contributed by atoms with van der Waals surface area (Å²) < 4.78 is 6.89. The van der Waals surface area contributed by atoms with Crippen molar-refractivity contribution in [3.8, 4) is 0 Å². The van der Waals surface area contributed by atoms with Crippen molar-refractivity contribution >= 4 is 51.0 Å². The topological polar surface area (TPSA) is 72.3 Å². The number of aliphatic carboxylic acids is 1. The van der Waals surface area contributed by atoms with Crippen molar-refractivity contribution in [1.29, 1.82) is 0 Å². The van der Waals surface area contributed by atoms with Gasteiger partial charge >= 0.3 is 5.97 Å². The van der Waals surface area contributed by atoms with Crippen LogP contribution in [0, 0.1) is 0 Å². The van der Waals surface area contributed by atoms with E-state index in [2.05, 4.69) is 23.8 Å². The lowest BCUT2D eigenvalue weighted by molar-refractivity contribution is -0.133. The molecule has 0 saturated heterocycles. The van der Waals surface area contributed by atoms with Crippen molar-refractivity contribution in [2.75, 3.05) is 12.0 Å². The zero-order valence-electron chi connectivity index (χ0n) is 12.5. The lowest BCUT2D eigenvalue weighted by Gasteiger charge is -2.29. The Hall–Kier alpha value is -0.830. The number of carbonyl (C=O) groups is 1. The van der Waals surface area contributed by atoms with Gasteiger partial charge in [0.05, 0.1) is 28.2 Å². The van der Waals surface area contributed by atoms with E-state index in [1.54, 1.807) is 11.3 Å². The quantitative estimate of drug-likeness (QED) is 0.511. The van der Waals surface area contributed by atoms with E-state index in [1.165, 1.54) is 28.4 Å². The van der Waals surface area contributed by atoms with Crippen LogP contribution in [0.25, 0.3) is 10.2 Å². The standard InChI is InChI=1S/C14H16N2O3S3/c1-14(2)4-8-7(5-19-14)10-11(22-8)12(21-6-9(17)18)16-13(15-10)20-3/h4-6H2,1-3H3,(H,17,18). The Labute approximate surface area is 140 Å². The summed E-state index contributed by atoms with van der Waals surface area (Å²) in [6.45, 7) is 4.72. The maximum Gasteiger partial charge on any atom is 0.313 e. The van der Waals surface area contributed by atoms with E-state index in [4.69, 9.17) is 9.84 Å². The van der Waals surface area contributed by atoms with Crippen LogP contribution in [0.15, 0.2) is 10.2 Å². The third-order valence-electron chi connectivity index (χ3n) is 3.37. The van der Waals surface area contributed by atoms with Gasteiger partial charge in [-0.3, -0.25) is 4.79 Å². The monoisotopic (exact) mass is 356 g/mol. The minimum Gasteiger partial charge on any atom is -0.481 e. The fraction of sp³-hybridized carbons (Fsp3) is 0.500. The van der Waals surface area contributed by atoms with Crippen LogP contribution in [0.3, 0.4) is 0 Å². The number of carboxylic acid groups (broad SMARTS) is 1. The molecule has 2 aromatic rings. The molecule has 5 nitrogen and oxygen atoms in total. The van der Waals surface area contributed by atoms with E-state index in [1.807, 2.05) is 6.26 Å². The van der Waals surface area contributed by atoms with Gasteiger partial charge in [0.25, 0.3) is 0 Å². The van der Waals surface area contributed by atoms with Crippen LogP contribution < -0.4 is 0 Å². The van der Waals surface area contributed by atoms with Gasteiger partial charge in [0, 0.05) is 16.9 Å². The number of rotatable bonds is 4. The Morgan fingerprint density at radius 2 is 2.23 bits per heavy atom. The molecule has 8 heteroatoms. The van der Waals surface area contributed by atoms with Gasteiger partial charge in [0.15, 0.2) is 5.16 Å². The van der Waals surface area contributed by atoms with Crippen LogP contribution in [0.5, 0.6) is 0 Å². The minimum atomic E-state index is -0.840. The van der Waals surface area contributed by atoms with E-state index in [9.17, 15) is 4.79 Å². The highest BCUT2D eigenvalue weighted by Gasteiger charge is 2.30. The smallest absolute Gasteiger partial charge is 0.313 e. The molecule has 0 spiro atoms. The predicted octanol–water partition coefficient (Wildman–Crippen LogP) is 3.44. The Morgan fingerprint density at radius 1 is 1.45 bits per heavy atom. The van der Waals surface area contributed by atoms with Crippen molar-refractivity contribution in [3.05, 3.63) is 10.4 Å². The number of carboxylic acids is 1. The Morgan fingerprint density at radius 3 is 2.91 bits per heavy atom. The summed E-state index contributed by atoms with van der Waals surface area (Å²) in [6.07, 6.45) is 2.77. The molecule has 1 aliphatic rings. The molecule has 0 saturated carbocycles. The zero-order chi connectivity index (χ0) is 15.9. The molecule has 118 valence electrons. The summed E-state index contributed by atoms with van der Waals surface area (Å²) in [5, 5.41) is 10.3. The Balaban J connectivity index is 2.11. The highest BCUT2D eigenvalue weighted by atomic mass is 32.2. The van der Waals surface area contributed by atoms with Gasteiger partial charge in [0.2, 0.25) is 0 Å². The van der Waals surface area contributed by atoms with Crippen molar-refractivity contribution in [2.24, 2.45) is 0 Å². The molecule has 22 heavy (non-hydrogen) atoms. The summed E-state index contributed by atoms with van der Waals surface area (Å²) in [5.74, 6) is -0.835. The van der Waals surface area contributed by atoms with Gasteiger partial charge in [-0.25, -0.2) is 9.97 Å². The third kappa shape index (κ3) is 3.10. The second kappa shape index (κ2) is 5.99. The van der Waals surface area contributed by atoms with Crippen molar-refractivity contribution in [2.45, 2.75) is 42.7 Å². The van der Waals surface area contributed by atoms with E-state index >= 15 is 0 Å². The van der Waals surface area contributed by atoms with Crippen molar-refractivity contribution < 1.29 is 14.6 Å². The maximum atomic E-state index is 10.9. The molecule has 3 heterocycles. The van der Waals surface area contributed by atoms with Crippen LogP contribution in [-0.4, -0.2) is 38.7 Å². The second-order valence-corrected chi connectivity index (χ2v) is 8.45. The number of thiophene rings is 1. The number of hydrogen-bond donors (Lipinski definition) is 1. The van der Waals surface area contributed by atoms with Crippen molar-refractivity contribution in [3.63, 3.8) is 0 Å². The number of aromatic nitrogens is 2. The Bertz CT molecular complexity index is 742. The van der Waals surface area contributed by atoms with Crippen LogP contribution in [0.4, 0.5) is 0 Å². The maximum absolute atomic E-state index is 10.9. The van der Waals surface area contributed by atoms with Gasteiger partial charge in [-0.15, -0.1) is 11.3 Å². The molecule has 1 N–H and O–H groups in total. The van der Waals surface area contributed by atoms with E-state index in [0.29, 0.717) is 11.8 Å². The molecule has 0 unspecified atom stereocenters. The largest absolute Gasteiger partial charge is 0.481 e. The zero-order valence-corrected chi connectivity index (χ0v) is 15.0. The van der Waals surface area contributed by atoms with Crippen LogP contribution >= 0.6 is 34.9 Å². The average Bonchev–Trinajstić information content (AvgIpc) is 2.80. The molecule has 0 atom stereocenters. The number of fused-ring (bicyclic) bond motifs is 3. The van der Waals surface area contributed by atoms with Gasteiger partial charge in [-0.05, 0) is 20.1 Å². The first-order chi connectivity index (χ1) is 10.4. The number of ether oxygens (including phenoxy) is 1. The summed E-state index contributed by atoms with van der Waals surface area (Å²) >= 11 is 4.39. The van der Waals surface area contributed by atoms with E-state index in [0.717, 1.165) is 27.2 Å². The first-order valence-electron chi connectivity index (χ1n) is 6.74. The molecular formula is C14H16N2O3S3. The van der Waals surface area contributed by atoms with Gasteiger partial charge in [-0.2, -0.15) is 0 Å². The third-order valence-corrected chi connectivity index (χ3v) is 6.24. The lowest BCUT2D eigenvalue weighted by Crippen LogP contribution is -2.30. The molecule has 0 aromatic carbocycles. The van der Waals surface area contributed by atoms with Gasteiger partial charge in [0.1, 0.15) is 5.03 Å². The summed E-state index contributed by atoms with van der Waals surface area (Å²) in [7, 11) is 0. The molecule has 1 aliphatic heterocycles. The van der Waals surface area contributed by atoms with E-state index in [-0.39, 0.29) is 11.4 Å². The lowest BCUT2D eigenvalue weighted by atomic mass is 9.98.